The van der Waals surface area contributed by atoms with E-state index < -0.39 is 0 Å². The molecule has 0 fully saturated rings. The van der Waals surface area contributed by atoms with E-state index >= 15 is 0 Å². The highest BCUT2D eigenvalue weighted by atomic mass is 14.3. The van der Waals surface area contributed by atoms with E-state index in [0.29, 0.717) is 11.3 Å². The lowest BCUT2D eigenvalue weighted by molar-refractivity contribution is 0.306. The Bertz CT molecular complexity index is 276. The fraction of sp³-hybridized carbons (Fsp3) is 0.733. The first-order valence-corrected chi connectivity index (χ1v) is 6.21. The molecular weight excluding hydrogens is 180 g/mol. The summed E-state index contributed by atoms with van der Waals surface area (Å²) in [6, 6.07) is 0. The van der Waals surface area contributed by atoms with E-state index in [1.165, 1.54) is 12.8 Å². The van der Waals surface area contributed by atoms with E-state index in [4.69, 9.17) is 0 Å². The van der Waals surface area contributed by atoms with Gasteiger partial charge in [0.15, 0.2) is 0 Å². The maximum atomic E-state index is 2.38. The van der Waals surface area contributed by atoms with Crippen molar-refractivity contribution in [3.05, 3.63) is 23.3 Å². The van der Waals surface area contributed by atoms with Crippen LogP contribution in [0.3, 0.4) is 0 Å². The number of rotatable bonds is 2. The lowest BCUT2D eigenvalue weighted by Gasteiger charge is -2.36. The summed E-state index contributed by atoms with van der Waals surface area (Å²) in [5.74, 6) is 1.50. The SMILES string of the molecule is CC1=C(/C=C/C(C)C)C(C)(C)C[C@H](C)C1. The van der Waals surface area contributed by atoms with Crippen molar-refractivity contribution >= 4 is 0 Å². The molecule has 1 atom stereocenters. The van der Waals surface area contributed by atoms with Crippen LogP contribution in [-0.2, 0) is 0 Å². The summed E-state index contributed by atoms with van der Waals surface area (Å²) in [7, 11) is 0. The summed E-state index contributed by atoms with van der Waals surface area (Å²) < 4.78 is 0. The van der Waals surface area contributed by atoms with Gasteiger partial charge in [-0.2, -0.15) is 0 Å². The minimum Gasteiger partial charge on any atom is -0.0817 e. The predicted octanol–water partition coefficient (Wildman–Crippen LogP) is 4.97. The number of hydrogen-bond donors (Lipinski definition) is 0. The summed E-state index contributed by atoms with van der Waals surface area (Å²) in [4.78, 5) is 0. The maximum Gasteiger partial charge on any atom is -0.0102 e. The number of allylic oxidation sites excluding steroid dienone is 4. The molecule has 0 heterocycles. The zero-order valence-corrected chi connectivity index (χ0v) is 11.2. The molecule has 0 nitrogen and oxygen atoms in total. The molecule has 0 aromatic rings. The van der Waals surface area contributed by atoms with Crippen LogP contribution in [-0.4, -0.2) is 0 Å². The van der Waals surface area contributed by atoms with Gasteiger partial charge in [-0.05, 0) is 42.6 Å². The summed E-state index contributed by atoms with van der Waals surface area (Å²) in [6.07, 6.45) is 7.30. The molecule has 0 N–H and O–H groups in total. The Balaban J connectivity index is 2.96. The molecule has 0 aromatic heterocycles. The van der Waals surface area contributed by atoms with Crippen LogP contribution in [0.2, 0.25) is 0 Å². The van der Waals surface area contributed by atoms with Gasteiger partial charge in [-0.25, -0.2) is 0 Å². The van der Waals surface area contributed by atoms with E-state index in [-0.39, 0.29) is 0 Å². The average Bonchev–Trinajstić information content (AvgIpc) is 1.98. The zero-order valence-electron chi connectivity index (χ0n) is 11.2. The van der Waals surface area contributed by atoms with Crippen molar-refractivity contribution in [2.75, 3.05) is 0 Å². The zero-order chi connectivity index (χ0) is 11.6. The quantitative estimate of drug-likeness (QED) is 0.598. The second-order valence-corrected chi connectivity index (χ2v) is 6.19. The largest absolute Gasteiger partial charge is 0.0817 e. The van der Waals surface area contributed by atoms with Crippen LogP contribution in [0.25, 0.3) is 0 Å². The van der Waals surface area contributed by atoms with Crippen molar-refractivity contribution in [1.29, 1.82) is 0 Å². The molecule has 0 amide bonds. The molecule has 15 heavy (non-hydrogen) atoms. The highest BCUT2D eigenvalue weighted by molar-refractivity contribution is 5.33. The van der Waals surface area contributed by atoms with Crippen molar-refractivity contribution < 1.29 is 0 Å². The molecular formula is C15H26. The van der Waals surface area contributed by atoms with Gasteiger partial charge in [0.25, 0.3) is 0 Å². The molecule has 0 bridgehead atoms. The molecule has 86 valence electrons. The van der Waals surface area contributed by atoms with Crippen LogP contribution >= 0.6 is 0 Å². The van der Waals surface area contributed by atoms with E-state index in [1.807, 2.05) is 0 Å². The van der Waals surface area contributed by atoms with Crippen LogP contribution in [0.4, 0.5) is 0 Å². The van der Waals surface area contributed by atoms with Gasteiger partial charge in [0.1, 0.15) is 0 Å². The normalized spacial score (nSPS) is 26.7. The third-order valence-corrected chi connectivity index (χ3v) is 3.35. The van der Waals surface area contributed by atoms with Crippen molar-refractivity contribution in [2.45, 2.75) is 54.4 Å². The minimum atomic E-state index is 0.368. The van der Waals surface area contributed by atoms with Gasteiger partial charge in [-0.3, -0.25) is 0 Å². The smallest absolute Gasteiger partial charge is 0.0102 e. The molecule has 1 rings (SSSR count). The molecule has 0 radical (unpaired) electrons. The molecule has 0 spiro atoms. The third kappa shape index (κ3) is 3.22. The Morgan fingerprint density at radius 1 is 1.33 bits per heavy atom. The second-order valence-electron chi connectivity index (χ2n) is 6.19. The summed E-state index contributed by atoms with van der Waals surface area (Å²) >= 11 is 0. The fourth-order valence-corrected chi connectivity index (χ4v) is 2.92. The van der Waals surface area contributed by atoms with Crippen molar-refractivity contribution in [2.24, 2.45) is 17.3 Å². The van der Waals surface area contributed by atoms with Gasteiger partial charge in [0.05, 0.1) is 0 Å². The van der Waals surface area contributed by atoms with Crippen molar-refractivity contribution in [3.63, 3.8) is 0 Å². The highest BCUT2D eigenvalue weighted by Gasteiger charge is 2.30. The molecule has 0 aromatic carbocycles. The Labute approximate surface area is 95.5 Å². The van der Waals surface area contributed by atoms with Gasteiger partial charge >= 0.3 is 0 Å². The highest BCUT2D eigenvalue weighted by Crippen LogP contribution is 2.43. The summed E-state index contributed by atoms with van der Waals surface area (Å²) in [5, 5.41) is 0. The third-order valence-electron chi connectivity index (χ3n) is 3.35. The number of hydrogen-bond acceptors (Lipinski definition) is 0. The monoisotopic (exact) mass is 206 g/mol. The summed E-state index contributed by atoms with van der Waals surface area (Å²) in [5.41, 5.74) is 3.54. The van der Waals surface area contributed by atoms with Crippen LogP contribution in [0.15, 0.2) is 23.3 Å². The van der Waals surface area contributed by atoms with E-state index in [9.17, 15) is 0 Å². The second kappa shape index (κ2) is 4.55. The lowest BCUT2D eigenvalue weighted by atomic mass is 9.69. The Hall–Kier alpha value is -0.520. The van der Waals surface area contributed by atoms with Gasteiger partial charge in [0.2, 0.25) is 0 Å². The molecule has 0 aliphatic heterocycles. The first-order chi connectivity index (χ1) is 6.83. The topological polar surface area (TPSA) is 0 Å². The van der Waals surface area contributed by atoms with Gasteiger partial charge in [-0.15, -0.1) is 0 Å². The predicted molar refractivity (Wildman–Crippen MR) is 68.9 cm³/mol. The van der Waals surface area contributed by atoms with E-state index in [1.54, 1.807) is 11.1 Å². The molecule has 1 aliphatic rings. The standard InChI is InChI=1S/C15H26/c1-11(2)7-8-14-13(4)9-12(3)10-15(14,5)6/h7-8,11-12H,9-10H2,1-6H3/b8-7+/t12-/m1/s1. The van der Waals surface area contributed by atoms with Crippen LogP contribution in [0.5, 0.6) is 0 Å². The van der Waals surface area contributed by atoms with Gasteiger partial charge < -0.3 is 0 Å². The van der Waals surface area contributed by atoms with Gasteiger partial charge in [0, 0.05) is 0 Å². The first kappa shape index (κ1) is 12.5. The fourth-order valence-electron chi connectivity index (χ4n) is 2.92. The Kier molecular flexibility index (Phi) is 3.81. The van der Waals surface area contributed by atoms with Crippen LogP contribution < -0.4 is 0 Å². The lowest BCUT2D eigenvalue weighted by Crippen LogP contribution is -2.23. The van der Waals surface area contributed by atoms with Crippen LogP contribution in [0, 0.1) is 17.3 Å². The molecule has 0 heteroatoms. The molecule has 0 saturated carbocycles. The Morgan fingerprint density at radius 3 is 2.40 bits per heavy atom. The van der Waals surface area contributed by atoms with Gasteiger partial charge in [-0.1, -0.05) is 52.3 Å². The maximum absolute atomic E-state index is 2.38. The molecule has 0 saturated heterocycles. The van der Waals surface area contributed by atoms with E-state index in [2.05, 4.69) is 53.7 Å². The molecule has 1 aliphatic carbocycles. The van der Waals surface area contributed by atoms with E-state index in [0.717, 1.165) is 5.92 Å². The van der Waals surface area contributed by atoms with Crippen molar-refractivity contribution in [3.8, 4) is 0 Å². The minimum absolute atomic E-state index is 0.368. The average molecular weight is 206 g/mol. The Morgan fingerprint density at radius 2 is 1.93 bits per heavy atom. The van der Waals surface area contributed by atoms with Crippen LogP contribution in [0.1, 0.15) is 54.4 Å². The molecule has 0 unspecified atom stereocenters. The van der Waals surface area contributed by atoms with Crippen molar-refractivity contribution in [1.82, 2.24) is 0 Å². The summed E-state index contributed by atoms with van der Waals surface area (Å²) in [6.45, 7) is 13.9. The first-order valence-electron chi connectivity index (χ1n) is 6.21.